The molecule has 0 aliphatic rings. The second kappa shape index (κ2) is 4.13. The molecule has 0 saturated heterocycles. The van der Waals surface area contributed by atoms with Gasteiger partial charge >= 0.3 is 33.7 Å². The molecule has 0 aromatic heterocycles. The van der Waals surface area contributed by atoms with Crippen molar-refractivity contribution in [1.29, 1.82) is 0 Å². The van der Waals surface area contributed by atoms with Crippen molar-refractivity contribution in [3.05, 3.63) is 0 Å². The van der Waals surface area contributed by atoms with Crippen LogP contribution >= 0.6 is 0 Å². The topological polar surface area (TPSA) is 0 Å². The van der Waals surface area contributed by atoms with Crippen molar-refractivity contribution >= 4 is 13.6 Å². The minimum atomic E-state index is 1.16. The van der Waals surface area contributed by atoms with Gasteiger partial charge in [0, 0.05) is 0 Å². The molecule has 0 fully saturated rings. The van der Waals surface area contributed by atoms with E-state index in [2.05, 4.69) is 20.5 Å². The maximum absolute atomic E-state index is 2.12. The van der Waals surface area contributed by atoms with Crippen LogP contribution < -0.4 is 0 Å². The fourth-order valence-corrected chi connectivity index (χ4v) is 0.236. The Morgan fingerprint density at radius 2 is 2.20 bits per heavy atom. The average molecular weight is 65.7 g/mol. The van der Waals surface area contributed by atoms with Gasteiger partial charge in [0.15, 0.2) is 0 Å². The molecule has 0 spiro atoms. The molecule has 0 unspecified atom stereocenters. The summed E-state index contributed by atoms with van der Waals surface area (Å²) in [6, 6.07) is 0. The van der Waals surface area contributed by atoms with E-state index in [1.807, 2.05) is 6.82 Å². The fraction of sp³-hybridized carbons (Fsp3) is 1.00. The van der Waals surface area contributed by atoms with Crippen LogP contribution in [0.1, 0.15) is 6.92 Å². The van der Waals surface area contributed by atoms with E-state index in [-0.39, 0.29) is 0 Å². The molecule has 2 heteroatoms. The molecular formula is C3H8B2. The molecule has 0 aliphatic carbocycles. The fourth-order valence-electron chi connectivity index (χ4n) is 0.236. The number of hydrogen-bond acceptors (Lipinski definition) is 0. The Morgan fingerprint density at radius 1 is 1.60 bits per heavy atom. The Balaban J connectivity index is 2.62. The van der Waals surface area contributed by atoms with Crippen molar-refractivity contribution in [3.63, 3.8) is 0 Å². The van der Waals surface area contributed by atoms with E-state index in [1.54, 1.807) is 0 Å². The Hall–Kier alpha value is 0.130. The van der Waals surface area contributed by atoms with E-state index < -0.39 is 0 Å². The summed E-state index contributed by atoms with van der Waals surface area (Å²) in [5, 5.41) is 0. The van der Waals surface area contributed by atoms with Gasteiger partial charge in [0.2, 0.25) is 0 Å². The van der Waals surface area contributed by atoms with Crippen LogP contribution in [-0.4, -0.2) is 13.6 Å². The predicted octanol–water partition coefficient (Wildman–Crippen LogP) is 0.796. The van der Waals surface area contributed by atoms with Crippen LogP contribution in [0.3, 0.4) is 0 Å². The SMILES string of the molecule is CB=BCC. The summed E-state index contributed by atoms with van der Waals surface area (Å²) in [6.07, 6.45) is 1.16. The average Bonchev–Trinajstić information content (AvgIpc) is 1.41. The molecule has 0 nitrogen and oxygen atoms in total. The van der Waals surface area contributed by atoms with Gasteiger partial charge in [0.1, 0.15) is 0 Å². The van der Waals surface area contributed by atoms with E-state index in [4.69, 9.17) is 0 Å². The van der Waals surface area contributed by atoms with Gasteiger partial charge in [-0.3, -0.25) is 0 Å². The third-order valence-electron chi connectivity index (χ3n) is 0.471. The van der Waals surface area contributed by atoms with Crippen LogP contribution in [0, 0.1) is 0 Å². The van der Waals surface area contributed by atoms with E-state index in [9.17, 15) is 0 Å². The second-order valence-corrected chi connectivity index (χ2v) is 0.977. The summed E-state index contributed by atoms with van der Waals surface area (Å²) < 4.78 is 0. The number of rotatable bonds is 1. The maximum atomic E-state index is 2.12. The summed E-state index contributed by atoms with van der Waals surface area (Å²) >= 11 is 0. The first-order valence-corrected chi connectivity index (χ1v) is 2.03. The molecule has 0 N–H and O–H groups in total. The first-order valence-electron chi connectivity index (χ1n) is 2.03. The molecule has 0 aromatic rings. The van der Waals surface area contributed by atoms with Crippen LogP contribution in [0.2, 0.25) is 13.1 Å². The predicted molar refractivity (Wildman–Crippen MR) is 27.9 cm³/mol. The Morgan fingerprint density at radius 3 is 2.20 bits per heavy atom. The summed E-state index contributed by atoms with van der Waals surface area (Å²) in [7, 11) is 0. The molecule has 0 saturated carbocycles. The summed E-state index contributed by atoms with van der Waals surface area (Å²) in [6.45, 7) is 8.34. The monoisotopic (exact) mass is 66.1 g/mol. The van der Waals surface area contributed by atoms with Gasteiger partial charge in [-0.1, -0.05) is 0 Å². The van der Waals surface area contributed by atoms with Gasteiger partial charge in [-0.25, -0.2) is 0 Å². The number of hydrogen-bond donors (Lipinski definition) is 0. The molecule has 26 valence electrons. The molecular weight excluding hydrogens is 57.7 g/mol. The van der Waals surface area contributed by atoms with Crippen molar-refractivity contribution in [2.45, 2.75) is 20.1 Å². The summed E-state index contributed by atoms with van der Waals surface area (Å²) in [5.41, 5.74) is 0. The molecule has 0 radical (unpaired) electrons. The van der Waals surface area contributed by atoms with Gasteiger partial charge in [-0.2, -0.15) is 0 Å². The van der Waals surface area contributed by atoms with Crippen molar-refractivity contribution in [1.82, 2.24) is 0 Å². The first kappa shape index (κ1) is 5.13. The van der Waals surface area contributed by atoms with Gasteiger partial charge in [0.05, 0.1) is 0 Å². The molecule has 0 amide bonds. The summed E-state index contributed by atoms with van der Waals surface area (Å²) in [4.78, 5) is 0. The van der Waals surface area contributed by atoms with Gasteiger partial charge in [-0.15, -0.1) is 0 Å². The standard InChI is InChI=1S/C3H8B2/c1-3-5-4-2/h3H2,1-2H3. The zero-order valence-electron chi connectivity index (χ0n) is 3.86. The zero-order valence-corrected chi connectivity index (χ0v) is 3.86. The van der Waals surface area contributed by atoms with Crippen LogP contribution in [0.4, 0.5) is 0 Å². The third kappa shape index (κ3) is 4.13. The van der Waals surface area contributed by atoms with Gasteiger partial charge in [0.25, 0.3) is 0 Å². The van der Waals surface area contributed by atoms with E-state index in [1.165, 1.54) is 0 Å². The van der Waals surface area contributed by atoms with Gasteiger partial charge < -0.3 is 0 Å². The molecule has 0 heterocycles. The molecule has 0 atom stereocenters. The van der Waals surface area contributed by atoms with Crippen LogP contribution in [0.5, 0.6) is 0 Å². The van der Waals surface area contributed by atoms with Crippen molar-refractivity contribution in [2.24, 2.45) is 0 Å². The van der Waals surface area contributed by atoms with Crippen LogP contribution in [0.15, 0.2) is 0 Å². The Labute approximate surface area is 34.7 Å². The summed E-state index contributed by atoms with van der Waals surface area (Å²) in [5.74, 6) is 0. The van der Waals surface area contributed by atoms with Crippen LogP contribution in [0.25, 0.3) is 0 Å². The first-order chi connectivity index (χ1) is 2.41. The third-order valence-corrected chi connectivity index (χ3v) is 0.471. The van der Waals surface area contributed by atoms with Gasteiger partial charge in [-0.05, 0) is 0 Å². The molecule has 0 bridgehead atoms. The Bertz CT molecular complexity index is 31.9. The van der Waals surface area contributed by atoms with E-state index >= 15 is 0 Å². The molecule has 5 heavy (non-hydrogen) atoms. The van der Waals surface area contributed by atoms with E-state index in [0.29, 0.717) is 0 Å². The second-order valence-electron chi connectivity index (χ2n) is 0.977. The molecule has 0 aliphatic heterocycles. The normalized spacial score (nSPS) is 6.80. The van der Waals surface area contributed by atoms with Crippen LogP contribution in [-0.2, 0) is 0 Å². The van der Waals surface area contributed by atoms with Crippen molar-refractivity contribution < 1.29 is 0 Å². The van der Waals surface area contributed by atoms with E-state index in [0.717, 1.165) is 6.32 Å². The zero-order chi connectivity index (χ0) is 4.12. The molecule has 0 rings (SSSR count). The van der Waals surface area contributed by atoms with Crippen molar-refractivity contribution in [2.75, 3.05) is 0 Å². The quantitative estimate of drug-likeness (QED) is 0.397. The Kier molecular flexibility index (Phi) is 4.24. The van der Waals surface area contributed by atoms with Crippen molar-refractivity contribution in [3.8, 4) is 0 Å². The molecule has 0 aromatic carbocycles. The minimum absolute atomic E-state index is 1.16.